The van der Waals surface area contributed by atoms with Crippen LogP contribution in [0.2, 0.25) is 0 Å². The SMILES string of the molecule is c1ccc(-c2cn[nH]c2-c2nccnc2-c2nccc(-c3ncc[nH]3)n2)nc1. The van der Waals surface area contributed by atoms with E-state index in [4.69, 9.17) is 0 Å². The largest absolute Gasteiger partial charge is 0.343 e. The van der Waals surface area contributed by atoms with Crippen LogP contribution in [0.15, 0.2) is 67.6 Å². The van der Waals surface area contributed by atoms with Gasteiger partial charge in [-0.25, -0.2) is 19.9 Å². The van der Waals surface area contributed by atoms with Crippen molar-refractivity contribution in [2.75, 3.05) is 0 Å². The van der Waals surface area contributed by atoms with E-state index in [0.29, 0.717) is 34.4 Å². The average molecular weight is 367 g/mol. The van der Waals surface area contributed by atoms with Gasteiger partial charge in [-0.2, -0.15) is 5.10 Å². The third-order valence-electron chi connectivity index (χ3n) is 4.12. The molecule has 5 heterocycles. The molecule has 0 unspecified atom stereocenters. The number of aromatic amines is 2. The van der Waals surface area contributed by atoms with Crippen LogP contribution in [0, 0.1) is 0 Å². The Morgan fingerprint density at radius 3 is 2.46 bits per heavy atom. The first-order valence-electron chi connectivity index (χ1n) is 8.49. The van der Waals surface area contributed by atoms with Gasteiger partial charge in [-0.15, -0.1) is 0 Å². The van der Waals surface area contributed by atoms with Crippen LogP contribution in [0.4, 0.5) is 0 Å². The Bertz CT molecular complexity index is 1210. The van der Waals surface area contributed by atoms with Gasteiger partial charge in [-0.3, -0.25) is 15.1 Å². The third-order valence-corrected chi connectivity index (χ3v) is 4.12. The number of hydrogen-bond donors (Lipinski definition) is 2. The minimum absolute atomic E-state index is 0.443. The highest BCUT2D eigenvalue weighted by Gasteiger charge is 2.19. The predicted octanol–water partition coefficient (Wildman–Crippen LogP) is 2.78. The lowest BCUT2D eigenvalue weighted by molar-refractivity contribution is 1.07. The summed E-state index contributed by atoms with van der Waals surface area (Å²) in [7, 11) is 0. The maximum Gasteiger partial charge on any atom is 0.181 e. The van der Waals surface area contributed by atoms with Crippen LogP contribution in [-0.4, -0.2) is 45.1 Å². The summed E-state index contributed by atoms with van der Waals surface area (Å²) in [4.78, 5) is 29.7. The Morgan fingerprint density at radius 2 is 1.64 bits per heavy atom. The summed E-state index contributed by atoms with van der Waals surface area (Å²) in [5, 5.41) is 7.19. The molecule has 5 aromatic heterocycles. The number of aromatic nitrogens is 9. The summed E-state index contributed by atoms with van der Waals surface area (Å²) in [6, 6.07) is 7.49. The standard InChI is InChI=1S/C19H13N9/c1-2-5-20-13(3-1)12-11-26-28-15(12)16-17(22-8-7-21-16)19-23-6-4-14(27-19)18-24-9-10-25-18/h1-11H,(H,24,25)(H,26,28). The molecule has 0 aromatic carbocycles. The second-order valence-corrected chi connectivity index (χ2v) is 5.83. The van der Waals surface area contributed by atoms with Gasteiger partial charge in [0.1, 0.15) is 17.1 Å². The zero-order chi connectivity index (χ0) is 18.8. The normalized spacial score (nSPS) is 10.9. The number of rotatable bonds is 4. The van der Waals surface area contributed by atoms with Gasteiger partial charge in [-0.1, -0.05) is 6.07 Å². The second-order valence-electron chi connectivity index (χ2n) is 5.83. The van der Waals surface area contributed by atoms with Crippen molar-refractivity contribution in [2.45, 2.75) is 0 Å². The number of nitrogens with zero attached hydrogens (tertiary/aromatic N) is 7. The summed E-state index contributed by atoms with van der Waals surface area (Å²) in [5.74, 6) is 1.10. The number of pyridine rings is 1. The fraction of sp³-hybridized carbons (Fsp3) is 0. The first-order valence-corrected chi connectivity index (χ1v) is 8.49. The Balaban J connectivity index is 1.65. The Kier molecular flexibility index (Phi) is 3.87. The van der Waals surface area contributed by atoms with E-state index in [9.17, 15) is 0 Å². The lowest BCUT2D eigenvalue weighted by Crippen LogP contribution is -1.99. The molecule has 0 aliphatic rings. The van der Waals surface area contributed by atoms with Crippen molar-refractivity contribution in [1.82, 2.24) is 45.1 Å². The van der Waals surface area contributed by atoms with Gasteiger partial charge in [0.05, 0.1) is 17.6 Å². The molecule has 0 fully saturated rings. The van der Waals surface area contributed by atoms with E-state index in [2.05, 4.69) is 45.1 Å². The lowest BCUT2D eigenvalue weighted by Gasteiger charge is -2.07. The van der Waals surface area contributed by atoms with E-state index >= 15 is 0 Å². The first kappa shape index (κ1) is 15.9. The van der Waals surface area contributed by atoms with Crippen LogP contribution in [-0.2, 0) is 0 Å². The van der Waals surface area contributed by atoms with Crippen molar-refractivity contribution in [3.8, 4) is 45.7 Å². The summed E-state index contributed by atoms with van der Waals surface area (Å²) in [6.07, 6.45) is 11.8. The van der Waals surface area contributed by atoms with Crippen molar-refractivity contribution < 1.29 is 0 Å². The van der Waals surface area contributed by atoms with Crippen LogP contribution >= 0.6 is 0 Å². The Labute approximate surface area is 159 Å². The number of hydrogen-bond acceptors (Lipinski definition) is 7. The second kappa shape index (κ2) is 6.80. The zero-order valence-corrected chi connectivity index (χ0v) is 14.5. The smallest absolute Gasteiger partial charge is 0.181 e. The average Bonchev–Trinajstić information content (AvgIpc) is 3.47. The molecule has 5 aromatic rings. The van der Waals surface area contributed by atoms with Gasteiger partial charge in [0.2, 0.25) is 0 Å². The fourth-order valence-electron chi connectivity index (χ4n) is 2.88. The molecule has 0 radical (unpaired) electrons. The molecular formula is C19H13N9. The fourth-order valence-corrected chi connectivity index (χ4v) is 2.88. The van der Waals surface area contributed by atoms with Gasteiger partial charge in [0.25, 0.3) is 0 Å². The zero-order valence-electron chi connectivity index (χ0n) is 14.5. The van der Waals surface area contributed by atoms with Gasteiger partial charge in [0.15, 0.2) is 11.6 Å². The maximum absolute atomic E-state index is 4.60. The highest BCUT2D eigenvalue weighted by atomic mass is 15.1. The number of nitrogens with one attached hydrogen (secondary N) is 2. The van der Waals surface area contributed by atoms with Crippen molar-refractivity contribution in [3.63, 3.8) is 0 Å². The molecule has 9 heteroatoms. The highest BCUT2D eigenvalue weighted by molar-refractivity contribution is 5.83. The molecule has 0 aliphatic carbocycles. The summed E-state index contributed by atoms with van der Waals surface area (Å²) in [6.45, 7) is 0. The van der Waals surface area contributed by atoms with E-state index in [0.717, 1.165) is 11.3 Å². The highest BCUT2D eigenvalue weighted by Crippen LogP contribution is 2.32. The molecule has 5 rings (SSSR count). The monoisotopic (exact) mass is 367 g/mol. The molecule has 0 spiro atoms. The lowest BCUT2D eigenvalue weighted by atomic mass is 10.1. The van der Waals surface area contributed by atoms with Crippen LogP contribution in [0.25, 0.3) is 45.7 Å². The molecular weight excluding hydrogens is 354 g/mol. The van der Waals surface area contributed by atoms with Gasteiger partial charge < -0.3 is 4.98 Å². The number of H-pyrrole nitrogens is 2. The molecule has 2 N–H and O–H groups in total. The van der Waals surface area contributed by atoms with Crippen molar-refractivity contribution in [2.24, 2.45) is 0 Å². The van der Waals surface area contributed by atoms with Gasteiger partial charge in [-0.05, 0) is 18.2 Å². The summed E-state index contributed by atoms with van der Waals surface area (Å²) in [5.41, 5.74) is 4.11. The van der Waals surface area contributed by atoms with E-state index in [1.54, 1.807) is 49.4 Å². The van der Waals surface area contributed by atoms with E-state index in [1.165, 1.54) is 0 Å². The first-order chi connectivity index (χ1) is 13.9. The van der Waals surface area contributed by atoms with Crippen molar-refractivity contribution >= 4 is 0 Å². The summed E-state index contributed by atoms with van der Waals surface area (Å²) < 4.78 is 0. The van der Waals surface area contributed by atoms with Crippen molar-refractivity contribution in [3.05, 3.63) is 67.6 Å². The van der Waals surface area contributed by atoms with Gasteiger partial charge in [0, 0.05) is 42.7 Å². The molecule has 0 atom stereocenters. The Hall–Kier alpha value is -4.27. The quantitative estimate of drug-likeness (QED) is 0.501. The molecule has 134 valence electrons. The maximum atomic E-state index is 4.60. The molecule has 0 saturated heterocycles. The molecule has 0 bridgehead atoms. The molecule has 9 nitrogen and oxygen atoms in total. The third kappa shape index (κ3) is 2.80. The van der Waals surface area contributed by atoms with E-state index < -0.39 is 0 Å². The predicted molar refractivity (Wildman–Crippen MR) is 101 cm³/mol. The molecule has 0 saturated carbocycles. The van der Waals surface area contributed by atoms with Crippen LogP contribution in [0.1, 0.15) is 0 Å². The topological polar surface area (TPSA) is 122 Å². The van der Waals surface area contributed by atoms with E-state index in [1.807, 2.05) is 18.2 Å². The van der Waals surface area contributed by atoms with Crippen LogP contribution < -0.4 is 0 Å². The Morgan fingerprint density at radius 1 is 0.714 bits per heavy atom. The molecule has 0 aliphatic heterocycles. The minimum atomic E-state index is 0.443. The van der Waals surface area contributed by atoms with Crippen LogP contribution in [0.5, 0.6) is 0 Å². The van der Waals surface area contributed by atoms with E-state index in [-0.39, 0.29) is 0 Å². The van der Waals surface area contributed by atoms with Crippen molar-refractivity contribution in [1.29, 1.82) is 0 Å². The summed E-state index contributed by atoms with van der Waals surface area (Å²) >= 11 is 0. The van der Waals surface area contributed by atoms with Gasteiger partial charge >= 0.3 is 0 Å². The van der Waals surface area contributed by atoms with Crippen LogP contribution in [0.3, 0.4) is 0 Å². The number of imidazole rings is 1. The molecule has 0 amide bonds. The molecule has 28 heavy (non-hydrogen) atoms. The minimum Gasteiger partial charge on any atom is -0.343 e.